The third-order valence-electron chi connectivity index (χ3n) is 6.20. The van der Waals surface area contributed by atoms with Crippen molar-refractivity contribution < 1.29 is 19.1 Å². The van der Waals surface area contributed by atoms with Crippen LogP contribution < -0.4 is 4.90 Å². The molecule has 0 unspecified atom stereocenters. The third-order valence-corrected chi connectivity index (χ3v) is 6.20. The van der Waals surface area contributed by atoms with Crippen molar-refractivity contribution in [3.63, 3.8) is 0 Å². The van der Waals surface area contributed by atoms with Crippen LogP contribution in [0.5, 0.6) is 0 Å². The Kier molecular flexibility index (Phi) is 4.05. The van der Waals surface area contributed by atoms with E-state index < -0.39 is 5.72 Å². The van der Waals surface area contributed by atoms with E-state index in [1.165, 1.54) is 0 Å². The zero-order valence-corrected chi connectivity index (χ0v) is 15.3. The summed E-state index contributed by atoms with van der Waals surface area (Å²) in [6, 6.07) is 3.53. The molecule has 4 aliphatic heterocycles. The molecule has 5 heterocycles. The Morgan fingerprint density at radius 3 is 2.78 bits per heavy atom. The normalized spacial score (nSPS) is 30.4. The fraction of sp³-hybridized carbons (Fsp3) is 0.632. The molecule has 0 radical (unpaired) electrons. The van der Waals surface area contributed by atoms with Crippen LogP contribution in [0.3, 0.4) is 0 Å². The lowest BCUT2D eigenvalue weighted by Crippen LogP contribution is -2.56. The van der Waals surface area contributed by atoms with Gasteiger partial charge in [0.15, 0.2) is 5.72 Å². The van der Waals surface area contributed by atoms with Crippen molar-refractivity contribution in [1.82, 2.24) is 14.8 Å². The molecular formula is C19H24N4O4. The molecule has 0 saturated carbocycles. The summed E-state index contributed by atoms with van der Waals surface area (Å²) in [6.45, 7) is 5.01. The van der Waals surface area contributed by atoms with Crippen molar-refractivity contribution in [3.05, 3.63) is 23.9 Å². The molecule has 0 aromatic carbocycles. The quantitative estimate of drug-likeness (QED) is 0.752. The standard InChI is InChI=1S/C19H24N4O4/c24-17-12-15-19(23(17)5-1-9-27-19)4-6-22(15)18(25)14-2-3-16(20-13-14)21-7-10-26-11-8-21/h2-3,13,15H,1,4-12H2/t15-,19+/m1/s1. The Morgan fingerprint density at radius 1 is 1.15 bits per heavy atom. The molecule has 2 amide bonds. The number of hydrogen-bond donors (Lipinski definition) is 0. The Balaban J connectivity index is 1.35. The van der Waals surface area contributed by atoms with E-state index in [0.717, 1.165) is 31.9 Å². The van der Waals surface area contributed by atoms with Crippen molar-refractivity contribution >= 4 is 17.6 Å². The molecule has 5 rings (SSSR count). The Hall–Kier alpha value is -2.19. The molecule has 0 aliphatic carbocycles. The summed E-state index contributed by atoms with van der Waals surface area (Å²) in [6.07, 6.45) is 3.55. The maximum Gasteiger partial charge on any atom is 0.255 e. The van der Waals surface area contributed by atoms with Crippen LogP contribution in [0.15, 0.2) is 18.3 Å². The number of rotatable bonds is 2. The molecule has 8 heteroatoms. The molecule has 8 nitrogen and oxygen atoms in total. The minimum atomic E-state index is -0.605. The third kappa shape index (κ3) is 2.62. The summed E-state index contributed by atoms with van der Waals surface area (Å²) in [5, 5.41) is 0. The molecule has 1 aromatic heterocycles. The van der Waals surface area contributed by atoms with Crippen LogP contribution in [-0.4, -0.2) is 84.4 Å². The molecular weight excluding hydrogens is 348 g/mol. The average Bonchev–Trinajstić information content (AvgIpc) is 3.20. The summed E-state index contributed by atoms with van der Waals surface area (Å²) < 4.78 is 11.4. The highest BCUT2D eigenvalue weighted by molar-refractivity contribution is 5.95. The number of aromatic nitrogens is 1. The first-order valence-electron chi connectivity index (χ1n) is 9.73. The maximum absolute atomic E-state index is 13.1. The lowest BCUT2D eigenvalue weighted by molar-refractivity contribution is -0.179. The molecule has 27 heavy (non-hydrogen) atoms. The van der Waals surface area contributed by atoms with Gasteiger partial charge in [-0.25, -0.2) is 4.98 Å². The first-order valence-corrected chi connectivity index (χ1v) is 9.73. The lowest BCUT2D eigenvalue weighted by Gasteiger charge is -2.42. The van der Waals surface area contributed by atoms with Gasteiger partial charge >= 0.3 is 0 Å². The van der Waals surface area contributed by atoms with Crippen LogP contribution in [0.25, 0.3) is 0 Å². The van der Waals surface area contributed by atoms with Gasteiger partial charge in [0, 0.05) is 38.8 Å². The number of carbonyl (C=O) groups is 2. The molecule has 144 valence electrons. The van der Waals surface area contributed by atoms with Crippen molar-refractivity contribution in [3.8, 4) is 0 Å². The summed E-state index contributed by atoms with van der Waals surface area (Å²) in [5.41, 5.74) is -0.0441. The van der Waals surface area contributed by atoms with E-state index in [2.05, 4.69) is 9.88 Å². The van der Waals surface area contributed by atoms with E-state index in [1.54, 1.807) is 6.20 Å². The number of anilines is 1. The van der Waals surface area contributed by atoms with E-state index >= 15 is 0 Å². The van der Waals surface area contributed by atoms with Gasteiger partial charge in [0.2, 0.25) is 5.91 Å². The number of hydrogen-bond acceptors (Lipinski definition) is 6. The fourth-order valence-electron chi connectivity index (χ4n) is 4.85. The van der Waals surface area contributed by atoms with Gasteiger partial charge in [-0.05, 0) is 18.6 Å². The topological polar surface area (TPSA) is 75.2 Å². The minimum absolute atomic E-state index is 0.0678. The molecule has 0 N–H and O–H groups in total. The van der Waals surface area contributed by atoms with Crippen molar-refractivity contribution in [2.75, 3.05) is 50.9 Å². The molecule has 4 fully saturated rings. The van der Waals surface area contributed by atoms with Gasteiger partial charge < -0.3 is 24.2 Å². The number of likely N-dealkylation sites (tertiary alicyclic amines) is 1. The van der Waals surface area contributed by atoms with Gasteiger partial charge in [-0.1, -0.05) is 0 Å². The molecule has 2 atom stereocenters. The van der Waals surface area contributed by atoms with Crippen LogP contribution in [0.4, 0.5) is 5.82 Å². The fourth-order valence-corrected chi connectivity index (χ4v) is 4.85. The number of ether oxygens (including phenoxy) is 2. The van der Waals surface area contributed by atoms with Crippen molar-refractivity contribution in [2.45, 2.75) is 31.0 Å². The van der Waals surface area contributed by atoms with Crippen LogP contribution in [0.2, 0.25) is 0 Å². The number of carbonyl (C=O) groups excluding carboxylic acids is 2. The summed E-state index contributed by atoms with van der Waals surface area (Å²) in [7, 11) is 0. The molecule has 0 bridgehead atoms. The number of pyridine rings is 1. The SMILES string of the molecule is O=C(c1ccc(N2CCOCC2)nc1)N1CC[C@@]23OCCCN2C(=O)C[C@@H]13. The first-order chi connectivity index (χ1) is 13.2. The Morgan fingerprint density at radius 2 is 2.00 bits per heavy atom. The molecule has 1 spiro atoms. The monoisotopic (exact) mass is 372 g/mol. The molecule has 4 saturated heterocycles. The van der Waals surface area contributed by atoms with Gasteiger partial charge in [-0.2, -0.15) is 0 Å². The average molecular weight is 372 g/mol. The van der Waals surface area contributed by atoms with E-state index in [4.69, 9.17) is 9.47 Å². The van der Waals surface area contributed by atoms with Gasteiger partial charge in [-0.15, -0.1) is 0 Å². The second kappa shape index (κ2) is 6.45. The van der Waals surface area contributed by atoms with Crippen LogP contribution in [0, 0.1) is 0 Å². The van der Waals surface area contributed by atoms with Gasteiger partial charge in [-0.3, -0.25) is 9.59 Å². The minimum Gasteiger partial charge on any atom is -0.378 e. The zero-order valence-electron chi connectivity index (χ0n) is 15.3. The highest BCUT2D eigenvalue weighted by atomic mass is 16.5. The summed E-state index contributed by atoms with van der Waals surface area (Å²) in [5.74, 6) is 0.894. The van der Waals surface area contributed by atoms with Gasteiger partial charge in [0.25, 0.3) is 5.91 Å². The van der Waals surface area contributed by atoms with Crippen LogP contribution in [-0.2, 0) is 14.3 Å². The maximum atomic E-state index is 13.1. The van der Waals surface area contributed by atoms with E-state index in [-0.39, 0.29) is 17.9 Å². The highest BCUT2D eigenvalue weighted by Gasteiger charge is 2.61. The van der Waals surface area contributed by atoms with Crippen molar-refractivity contribution in [1.29, 1.82) is 0 Å². The summed E-state index contributed by atoms with van der Waals surface area (Å²) >= 11 is 0. The predicted molar refractivity (Wildman–Crippen MR) is 96.3 cm³/mol. The first kappa shape index (κ1) is 16.9. The van der Waals surface area contributed by atoms with E-state index in [9.17, 15) is 9.59 Å². The van der Waals surface area contributed by atoms with E-state index in [0.29, 0.717) is 44.8 Å². The van der Waals surface area contributed by atoms with Gasteiger partial charge in [0.05, 0.1) is 37.8 Å². The highest BCUT2D eigenvalue weighted by Crippen LogP contribution is 2.45. The predicted octanol–water partition coefficient (Wildman–Crippen LogP) is 0.482. The zero-order chi connectivity index (χ0) is 18.4. The van der Waals surface area contributed by atoms with Crippen molar-refractivity contribution in [2.24, 2.45) is 0 Å². The Bertz CT molecular complexity index is 749. The smallest absolute Gasteiger partial charge is 0.255 e. The molecule has 1 aromatic rings. The van der Waals surface area contributed by atoms with Crippen LogP contribution >= 0.6 is 0 Å². The number of nitrogens with zero attached hydrogens (tertiary/aromatic N) is 4. The van der Waals surface area contributed by atoms with Gasteiger partial charge in [0.1, 0.15) is 5.82 Å². The largest absolute Gasteiger partial charge is 0.378 e. The second-order valence-electron chi connectivity index (χ2n) is 7.57. The Labute approximate surface area is 158 Å². The summed E-state index contributed by atoms with van der Waals surface area (Å²) in [4.78, 5) is 35.9. The molecule has 4 aliphatic rings. The lowest BCUT2D eigenvalue weighted by atomic mass is 10.0. The van der Waals surface area contributed by atoms with E-state index in [1.807, 2.05) is 21.9 Å². The number of morpholine rings is 1. The number of amides is 2. The van der Waals surface area contributed by atoms with Crippen LogP contribution in [0.1, 0.15) is 29.6 Å². The second-order valence-corrected chi connectivity index (χ2v) is 7.57.